The first kappa shape index (κ1) is 19.1. The molecule has 0 fully saturated rings. The van der Waals surface area contributed by atoms with Crippen LogP contribution in [0.1, 0.15) is 0 Å². The predicted molar refractivity (Wildman–Crippen MR) is 21.6 cm³/mol. The van der Waals surface area contributed by atoms with Crippen LogP contribution in [0, 0.1) is 0 Å². The minimum Gasteiger partial charge on any atom is -0.412 e. The predicted octanol–water partition coefficient (Wildman–Crippen LogP) is 0.125. The Labute approximate surface area is 33.9 Å². The van der Waals surface area contributed by atoms with Gasteiger partial charge in [-0.05, 0) is 0 Å². The fourth-order valence-corrected chi connectivity index (χ4v) is 0. The second-order valence-corrected chi connectivity index (χ2v) is 0. The van der Waals surface area contributed by atoms with Crippen molar-refractivity contribution in [3.05, 3.63) is 0 Å². The Morgan fingerprint density at radius 1 is 0.800 bits per heavy atom. The molecule has 0 amide bonds. The molecular weight excluding hydrogens is 110 g/mol. The number of hydrogen-bond donors (Lipinski definition) is 0. The van der Waals surface area contributed by atoms with Crippen LogP contribution in [0.25, 0.3) is 0 Å². The monoisotopic (exact) mass is 114 g/mol. The van der Waals surface area contributed by atoms with Gasteiger partial charge in [0.05, 0.1) is 0 Å². The van der Waals surface area contributed by atoms with Crippen molar-refractivity contribution < 1.29 is 14.6 Å². The lowest BCUT2D eigenvalue weighted by molar-refractivity contribution is 0.607. The van der Waals surface area contributed by atoms with E-state index in [1.165, 1.54) is 0 Å². The number of hydrogen-bond acceptors (Lipinski definition) is 2. The van der Waals surface area contributed by atoms with E-state index in [2.05, 4.69) is 0 Å². The first-order chi connectivity index (χ1) is 2.00. The summed E-state index contributed by atoms with van der Waals surface area (Å²) < 4.78 is 16.1. The van der Waals surface area contributed by atoms with E-state index in [1.807, 2.05) is 0 Å². The molecule has 0 bridgehead atoms. The first-order valence-electron chi connectivity index (χ1n) is 0.408. The van der Waals surface area contributed by atoms with Gasteiger partial charge in [-0.15, -0.1) is 0 Å². The third kappa shape index (κ3) is 758. The summed E-state index contributed by atoms with van der Waals surface area (Å²) in [5.74, 6) is 0. The average Bonchev–Trinajstić information content (AvgIpc) is 1.50. The van der Waals surface area contributed by atoms with Gasteiger partial charge in [0.25, 0.3) is 0 Å². The van der Waals surface area contributed by atoms with Gasteiger partial charge in [-0.3, -0.25) is 9.13 Å². The highest BCUT2D eigenvalue weighted by Gasteiger charge is 0.669. The standard InChI is InChI=1S/2HOP.H2O/c2*1-2;/h2*2H;1H2. The lowest BCUT2D eigenvalue weighted by Crippen LogP contribution is -0.489. The summed E-state index contributed by atoms with van der Waals surface area (Å²) in [6.45, 7) is 0. The molecule has 0 aliphatic rings. The van der Waals surface area contributed by atoms with Crippen molar-refractivity contribution in [3.63, 3.8) is 0 Å². The van der Waals surface area contributed by atoms with Gasteiger partial charge in [0.1, 0.15) is 18.2 Å². The van der Waals surface area contributed by atoms with Crippen LogP contribution >= 0.6 is 18.2 Å². The van der Waals surface area contributed by atoms with E-state index in [-0.39, 0.29) is 5.48 Å². The van der Waals surface area contributed by atoms with E-state index in [9.17, 15) is 0 Å². The highest BCUT2D eigenvalue weighted by atomic mass is 31.0. The lowest BCUT2D eigenvalue weighted by Gasteiger charge is -0.807. The van der Waals surface area contributed by atoms with E-state index in [1.54, 1.807) is 18.2 Å². The van der Waals surface area contributed by atoms with Crippen LogP contribution in [0.4, 0.5) is 0 Å². The summed E-state index contributed by atoms with van der Waals surface area (Å²) in [6.07, 6.45) is 0. The third-order valence-corrected chi connectivity index (χ3v) is 0. The van der Waals surface area contributed by atoms with E-state index in [0.717, 1.165) is 0 Å². The Hall–Kier alpha value is 0.160. The maximum absolute atomic E-state index is 8.06. The van der Waals surface area contributed by atoms with Crippen molar-refractivity contribution in [3.8, 4) is 0 Å². The Balaban J connectivity index is -0.0000000133. The van der Waals surface area contributed by atoms with E-state index in [4.69, 9.17) is 9.13 Å². The van der Waals surface area contributed by atoms with E-state index < -0.39 is 0 Å². The van der Waals surface area contributed by atoms with Gasteiger partial charge in [-0.1, -0.05) is 0 Å². The van der Waals surface area contributed by atoms with Crippen molar-refractivity contribution in [1.29, 1.82) is 0 Å². The molecule has 0 aromatic rings. The second-order valence-electron chi connectivity index (χ2n) is 0. The van der Waals surface area contributed by atoms with Crippen LogP contribution in [0.5, 0.6) is 0 Å². The van der Waals surface area contributed by atoms with Gasteiger partial charge in [0.2, 0.25) is 0 Å². The SMILES string of the molecule is O.O=P.O=P. The fourth-order valence-electron chi connectivity index (χ4n) is 0. The molecule has 0 unspecified atom stereocenters. The zero-order valence-corrected chi connectivity index (χ0v) is 4.32. The van der Waals surface area contributed by atoms with E-state index >= 15 is 0 Å². The Bertz CT molecular complexity index is 6.85. The second kappa shape index (κ2) is 1620. The molecule has 0 aromatic heterocycles. The van der Waals surface area contributed by atoms with Gasteiger partial charge >= 0.3 is 0 Å². The Morgan fingerprint density at radius 2 is 0.800 bits per heavy atom. The molecule has 0 aliphatic carbocycles. The molecule has 5 heteroatoms. The van der Waals surface area contributed by atoms with Crippen molar-refractivity contribution in [2.45, 2.75) is 0 Å². The maximum atomic E-state index is 8.06. The summed E-state index contributed by atoms with van der Waals surface area (Å²) in [5, 5.41) is 0. The van der Waals surface area contributed by atoms with E-state index in [0.29, 0.717) is 0 Å². The Kier molecular flexibility index (Phi) is 6210. The highest BCUT2D eigenvalue weighted by Crippen LogP contribution is 1.23. The van der Waals surface area contributed by atoms with Gasteiger partial charge in [-0.25, -0.2) is 0 Å². The summed E-state index contributed by atoms with van der Waals surface area (Å²) in [7, 11) is 3.44. The summed E-state index contributed by atoms with van der Waals surface area (Å²) in [6, 6.07) is 0. The molecule has 0 atom stereocenters. The zero-order chi connectivity index (χ0) is 4.00. The van der Waals surface area contributed by atoms with Gasteiger partial charge < -0.3 is 5.48 Å². The first-order valence-corrected chi connectivity index (χ1v) is 1.22. The van der Waals surface area contributed by atoms with Gasteiger partial charge in [0.15, 0.2) is 0 Å². The van der Waals surface area contributed by atoms with Crippen LogP contribution in [-0.2, 0) is 9.13 Å². The molecule has 0 saturated heterocycles. The molecule has 3 nitrogen and oxygen atoms in total. The Morgan fingerprint density at radius 3 is 0.800 bits per heavy atom. The van der Waals surface area contributed by atoms with Crippen LogP contribution in [0.15, 0.2) is 0 Å². The van der Waals surface area contributed by atoms with Crippen LogP contribution in [0.3, 0.4) is 0 Å². The normalized spacial score (nSPS) is 1.60. The minimum atomic E-state index is 0. The molecule has 0 aromatic carbocycles. The van der Waals surface area contributed by atoms with Crippen molar-refractivity contribution >= 4 is 18.2 Å². The summed E-state index contributed by atoms with van der Waals surface area (Å²) >= 11 is 0. The molecule has 5 heavy (non-hydrogen) atoms. The molecule has 0 aliphatic heterocycles. The quantitative estimate of drug-likeness (QED) is 0.420. The minimum absolute atomic E-state index is 0. The summed E-state index contributed by atoms with van der Waals surface area (Å²) in [4.78, 5) is 0. The molecule has 0 rings (SSSR count). The zero-order valence-electron chi connectivity index (χ0n) is 2.32. The van der Waals surface area contributed by atoms with Crippen LogP contribution in [0.2, 0.25) is 0 Å². The molecule has 0 radical (unpaired) electrons. The average molecular weight is 114 g/mol. The van der Waals surface area contributed by atoms with Gasteiger partial charge in [-0.2, -0.15) is 0 Å². The third-order valence-electron chi connectivity index (χ3n) is 0. The topological polar surface area (TPSA) is 65.6 Å². The highest BCUT2D eigenvalue weighted by molar-refractivity contribution is 7.00. The van der Waals surface area contributed by atoms with Crippen molar-refractivity contribution in [2.75, 3.05) is 0 Å². The molecule has 0 saturated carbocycles. The van der Waals surface area contributed by atoms with Crippen LogP contribution < -0.4 is 0 Å². The molecule has 0 spiro atoms. The molecule has 0 heterocycles. The fraction of sp³-hybridized carbons (Fsp3) is 0. The van der Waals surface area contributed by atoms with Crippen LogP contribution in [-0.4, -0.2) is 5.48 Å². The largest absolute Gasteiger partial charge is 0.412 e. The van der Waals surface area contributed by atoms with Crippen molar-refractivity contribution in [2.24, 2.45) is 0 Å². The molecule has 32 valence electrons. The van der Waals surface area contributed by atoms with Crippen molar-refractivity contribution in [1.82, 2.24) is 0 Å². The molecular formula is H4O3P2. The summed E-state index contributed by atoms with van der Waals surface area (Å²) in [5.41, 5.74) is 0. The van der Waals surface area contributed by atoms with Gasteiger partial charge in [0, 0.05) is 0 Å². The molecule has 2 N–H and O–H groups in total. The maximum Gasteiger partial charge on any atom is 0.138 e. The lowest BCUT2D eigenvalue weighted by atomic mass is 16.0. The smallest absolute Gasteiger partial charge is 0.138 e. The number of rotatable bonds is 0.